The van der Waals surface area contributed by atoms with Gasteiger partial charge in [0.1, 0.15) is 17.4 Å². The molecule has 0 aliphatic heterocycles. The summed E-state index contributed by atoms with van der Waals surface area (Å²) in [6, 6.07) is 0.934. The first-order chi connectivity index (χ1) is 12.0. The van der Waals surface area contributed by atoms with Crippen molar-refractivity contribution in [3.63, 3.8) is 0 Å². The summed E-state index contributed by atoms with van der Waals surface area (Å²) in [5.74, 6) is -2.30. The Kier molecular flexibility index (Phi) is 6.53. The maximum absolute atomic E-state index is 12.9. The molecule has 7 nitrogen and oxygen atoms in total. The second kappa shape index (κ2) is 7.75. The molecular weight excluding hydrogens is 391 g/mol. The van der Waals surface area contributed by atoms with Gasteiger partial charge in [-0.05, 0) is 38.5 Å². The van der Waals surface area contributed by atoms with E-state index in [0.717, 1.165) is 19.1 Å². The molecule has 0 bridgehead atoms. The van der Waals surface area contributed by atoms with E-state index >= 15 is 0 Å². The lowest BCUT2D eigenvalue weighted by atomic mass is 10.0. The maximum Gasteiger partial charge on any atom is 0.501 e. The predicted octanol–water partition coefficient (Wildman–Crippen LogP) is 2.07. The highest BCUT2D eigenvalue weighted by atomic mass is 32.2. The molecule has 0 saturated carbocycles. The molecule has 0 heterocycles. The highest BCUT2D eigenvalue weighted by Crippen LogP contribution is 2.34. The molecule has 152 valence electrons. The van der Waals surface area contributed by atoms with Crippen LogP contribution in [0.1, 0.15) is 33.3 Å². The topological polar surface area (TPSA) is 110 Å². The number of phenols is 1. The molecule has 1 aromatic carbocycles. The van der Waals surface area contributed by atoms with Gasteiger partial charge in [0.15, 0.2) is 0 Å². The van der Waals surface area contributed by atoms with Gasteiger partial charge in [-0.3, -0.25) is 4.79 Å². The van der Waals surface area contributed by atoms with E-state index < -0.39 is 61.5 Å². The predicted molar refractivity (Wildman–Crippen MR) is 88.5 cm³/mol. The highest BCUT2D eigenvalue weighted by Gasteiger charge is 2.48. The molecule has 1 aromatic rings. The number of halogens is 3. The standard InChI is InChI=1S/C16H20F3NO6S/c1-9(21)20-12(14(23)26-15(2,3)4)7-10-5-6-11(22)8-13(10)27(24,25)16(17,18)19/h5-6,8,12,22H,7H2,1-4H3,(H,20,21)/t12-/m0/s1. The number of ether oxygens (including phenoxy) is 1. The van der Waals surface area contributed by atoms with Crippen LogP contribution >= 0.6 is 0 Å². The van der Waals surface area contributed by atoms with Crippen LogP contribution in [0.3, 0.4) is 0 Å². The number of nitrogens with one attached hydrogen (secondary N) is 1. The molecule has 1 amide bonds. The number of rotatable bonds is 5. The lowest BCUT2D eigenvalue weighted by Gasteiger charge is -2.25. The molecule has 2 N–H and O–H groups in total. The molecule has 0 aliphatic carbocycles. The molecule has 0 saturated heterocycles. The van der Waals surface area contributed by atoms with E-state index in [4.69, 9.17) is 4.74 Å². The SMILES string of the molecule is CC(=O)N[C@@H](Cc1ccc(O)cc1S(=O)(=O)C(F)(F)F)C(=O)OC(C)(C)C. The Labute approximate surface area is 154 Å². The Morgan fingerprint density at radius 3 is 2.22 bits per heavy atom. The molecular formula is C16H20F3NO6S. The van der Waals surface area contributed by atoms with Crippen LogP contribution in [0.25, 0.3) is 0 Å². The molecule has 27 heavy (non-hydrogen) atoms. The van der Waals surface area contributed by atoms with Gasteiger partial charge in [0.2, 0.25) is 5.91 Å². The molecule has 11 heteroatoms. The summed E-state index contributed by atoms with van der Waals surface area (Å²) in [5.41, 5.74) is -6.95. The smallest absolute Gasteiger partial charge is 0.501 e. The van der Waals surface area contributed by atoms with E-state index in [2.05, 4.69) is 5.32 Å². The average molecular weight is 411 g/mol. The highest BCUT2D eigenvalue weighted by molar-refractivity contribution is 7.92. The van der Waals surface area contributed by atoms with Crippen LogP contribution in [-0.4, -0.2) is 42.6 Å². The van der Waals surface area contributed by atoms with E-state index in [9.17, 15) is 36.3 Å². The summed E-state index contributed by atoms with van der Waals surface area (Å²) in [7, 11) is -5.79. The zero-order valence-electron chi connectivity index (χ0n) is 15.0. The third-order valence-corrected chi connectivity index (χ3v) is 4.71. The number of phenolic OH excluding ortho intramolecular Hbond substituents is 1. The number of carbonyl (C=O) groups is 2. The van der Waals surface area contributed by atoms with Crippen molar-refractivity contribution in [1.82, 2.24) is 5.32 Å². The lowest BCUT2D eigenvalue weighted by molar-refractivity contribution is -0.158. The molecule has 0 radical (unpaired) electrons. The molecule has 1 atom stereocenters. The number of amides is 1. The summed E-state index contributed by atoms with van der Waals surface area (Å²) < 4.78 is 67.5. The Morgan fingerprint density at radius 2 is 1.78 bits per heavy atom. The fraction of sp³-hybridized carbons (Fsp3) is 0.500. The molecule has 0 aromatic heterocycles. The first kappa shape index (κ1) is 22.7. The van der Waals surface area contributed by atoms with Gasteiger partial charge >= 0.3 is 11.5 Å². The van der Waals surface area contributed by atoms with E-state index in [1.807, 2.05) is 0 Å². The van der Waals surface area contributed by atoms with E-state index in [-0.39, 0.29) is 0 Å². The summed E-state index contributed by atoms with van der Waals surface area (Å²) in [6.07, 6.45) is -0.584. The van der Waals surface area contributed by atoms with Gasteiger partial charge < -0.3 is 15.2 Å². The zero-order chi connectivity index (χ0) is 21.2. The fourth-order valence-corrected chi connectivity index (χ4v) is 3.14. The number of carbonyl (C=O) groups excluding carboxylic acids is 2. The quantitative estimate of drug-likeness (QED) is 0.718. The number of benzene rings is 1. The number of esters is 1. The number of hydrogen-bond donors (Lipinski definition) is 2. The fourth-order valence-electron chi connectivity index (χ4n) is 2.12. The number of hydrogen-bond acceptors (Lipinski definition) is 6. The number of aromatic hydroxyl groups is 1. The largest absolute Gasteiger partial charge is 0.508 e. The van der Waals surface area contributed by atoms with E-state index in [1.165, 1.54) is 0 Å². The first-order valence-corrected chi connectivity index (χ1v) is 9.16. The summed E-state index contributed by atoms with van der Waals surface area (Å²) >= 11 is 0. The Balaban J connectivity index is 3.38. The molecule has 0 aliphatic rings. The summed E-state index contributed by atoms with van der Waals surface area (Å²) in [4.78, 5) is 22.4. The minimum Gasteiger partial charge on any atom is -0.508 e. The third-order valence-electron chi connectivity index (χ3n) is 3.14. The van der Waals surface area contributed by atoms with Crippen LogP contribution in [-0.2, 0) is 30.6 Å². The van der Waals surface area contributed by atoms with Gasteiger partial charge in [-0.15, -0.1) is 0 Å². The van der Waals surface area contributed by atoms with Crippen molar-refractivity contribution in [2.24, 2.45) is 0 Å². The monoisotopic (exact) mass is 411 g/mol. The summed E-state index contributed by atoms with van der Waals surface area (Å²) in [6.45, 7) is 5.74. The Morgan fingerprint density at radius 1 is 1.22 bits per heavy atom. The first-order valence-electron chi connectivity index (χ1n) is 7.68. The summed E-state index contributed by atoms with van der Waals surface area (Å²) in [5, 5.41) is 11.6. The molecule has 0 fully saturated rings. The second-order valence-electron chi connectivity index (χ2n) is 6.73. The van der Waals surface area contributed by atoms with Crippen LogP contribution in [0.4, 0.5) is 13.2 Å². The maximum atomic E-state index is 12.9. The van der Waals surface area contributed by atoms with E-state index in [1.54, 1.807) is 20.8 Å². The molecule has 0 unspecified atom stereocenters. The minimum atomic E-state index is -5.79. The number of alkyl halides is 3. The third kappa shape index (κ3) is 6.12. The van der Waals surface area contributed by atoms with Crippen LogP contribution < -0.4 is 5.32 Å². The van der Waals surface area contributed by atoms with Gasteiger partial charge in [0, 0.05) is 13.3 Å². The van der Waals surface area contributed by atoms with Crippen LogP contribution in [0.5, 0.6) is 5.75 Å². The number of sulfone groups is 1. The Bertz CT molecular complexity index is 828. The average Bonchev–Trinajstić information content (AvgIpc) is 2.44. The van der Waals surface area contributed by atoms with Crippen molar-refractivity contribution < 1.29 is 41.0 Å². The lowest BCUT2D eigenvalue weighted by Crippen LogP contribution is -2.45. The van der Waals surface area contributed by atoms with Crippen molar-refractivity contribution >= 4 is 21.7 Å². The second-order valence-corrected chi connectivity index (χ2v) is 8.64. The van der Waals surface area contributed by atoms with Gasteiger partial charge in [-0.1, -0.05) is 6.07 Å². The van der Waals surface area contributed by atoms with Crippen LogP contribution in [0.2, 0.25) is 0 Å². The zero-order valence-corrected chi connectivity index (χ0v) is 15.9. The van der Waals surface area contributed by atoms with Crippen LogP contribution in [0.15, 0.2) is 23.1 Å². The van der Waals surface area contributed by atoms with Crippen LogP contribution in [0, 0.1) is 0 Å². The van der Waals surface area contributed by atoms with Crippen molar-refractivity contribution in [3.05, 3.63) is 23.8 Å². The van der Waals surface area contributed by atoms with Gasteiger partial charge in [-0.2, -0.15) is 13.2 Å². The minimum absolute atomic E-state index is 0.408. The van der Waals surface area contributed by atoms with Crippen molar-refractivity contribution in [2.75, 3.05) is 0 Å². The normalized spacial score (nSPS) is 13.7. The van der Waals surface area contributed by atoms with Gasteiger partial charge in [0.05, 0.1) is 4.90 Å². The molecule has 0 spiro atoms. The van der Waals surface area contributed by atoms with Gasteiger partial charge in [-0.25, -0.2) is 13.2 Å². The Hall–Kier alpha value is -2.30. The van der Waals surface area contributed by atoms with Crippen molar-refractivity contribution in [3.8, 4) is 5.75 Å². The molecule has 1 rings (SSSR count). The van der Waals surface area contributed by atoms with Crippen molar-refractivity contribution in [1.29, 1.82) is 0 Å². The van der Waals surface area contributed by atoms with Gasteiger partial charge in [0.25, 0.3) is 9.84 Å². The van der Waals surface area contributed by atoms with E-state index in [0.29, 0.717) is 6.07 Å². The van der Waals surface area contributed by atoms with Crippen molar-refractivity contribution in [2.45, 2.75) is 56.2 Å².